The molecular formula is C18H20N4O2S. The van der Waals surface area contributed by atoms with E-state index >= 15 is 0 Å². The topological polar surface area (TPSA) is 61.7 Å². The predicted molar refractivity (Wildman–Crippen MR) is 103 cm³/mol. The predicted octanol–water partition coefficient (Wildman–Crippen LogP) is 3.11. The lowest BCUT2D eigenvalue weighted by Crippen LogP contribution is -2.49. The summed E-state index contributed by atoms with van der Waals surface area (Å²) in [5, 5.41) is 14.6. The molecule has 0 bridgehead atoms. The molecule has 6 nitrogen and oxygen atoms in total. The van der Waals surface area contributed by atoms with E-state index in [9.17, 15) is 10.1 Å². The standard InChI is InChI=1S/C18H20N4O2S/c23-22(24)17-8-4-7-16(13-17)19-18(25)21-11-9-20(10-12-21)14-15-5-2-1-3-6-15/h1-8,13H,9-12,14H2,(H,19,25). The molecule has 7 heteroatoms. The maximum absolute atomic E-state index is 10.9. The van der Waals surface area contributed by atoms with Crippen molar-refractivity contribution in [2.24, 2.45) is 0 Å². The zero-order valence-corrected chi connectivity index (χ0v) is 14.6. The smallest absolute Gasteiger partial charge is 0.271 e. The molecule has 1 heterocycles. The van der Waals surface area contributed by atoms with E-state index in [4.69, 9.17) is 12.2 Å². The second-order valence-electron chi connectivity index (χ2n) is 5.99. The van der Waals surface area contributed by atoms with E-state index in [1.807, 2.05) is 6.07 Å². The highest BCUT2D eigenvalue weighted by molar-refractivity contribution is 7.80. The number of nitrogens with zero attached hydrogens (tertiary/aromatic N) is 3. The highest BCUT2D eigenvalue weighted by Gasteiger charge is 2.19. The van der Waals surface area contributed by atoms with Crippen LogP contribution < -0.4 is 5.32 Å². The molecule has 1 N–H and O–H groups in total. The number of nitrogens with one attached hydrogen (secondary N) is 1. The zero-order valence-electron chi connectivity index (χ0n) is 13.8. The van der Waals surface area contributed by atoms with Crippen LogP contribution in [0.1, 0.15) is 5.56 Å². The lowest BCUT2D eigenvalue weighted by Gasteiger charge is -2.36. The van der Waals surface area contributed by atoms with E-state index in [1.54, 1.807) is 12.1 Å². The largest absolute Gasteiger partial charge is 0.346 e. The number of benzene rings is 2. The summed E-state index contributed by atoms with van der Waals surface area (Å²) >= 11 is 5.46. The lowest BCUT2D eigenvalue weighted by molar-refractivity contribution is -0.384. The van der Waals surface area contributed by atoms with Crippen LogP contribution in [0.3, 0.4) is 0 Å². The van der Waals surface area contributed by atoms with Crippen LogP contribution in [0.4, 0.5) is 11.4 Å². The first kappa shape index (κ1) is 17.3. The van der Waals surface area contributed by atoms with E-state index in [0.29, 0.717) is 10.8 Å². The minimum absolute atomic E-state index is 0.0560. The summed E-state index contributed by atoms with van der Waals surface area (Å²) in [6.45, 7) is 4.50. The van der Waals surface area contributed by atoms with Crippen molar-refractivity contribution in [3.8, 4) is 0 Å². The molecule has 2 aromatic rings. The van der Waals surface area contributed by atoms with E-state index < -0.39 is 4.92 Å². The van der Waals surface area contributed by atoms with Gasteiger partial charge in [0.05, 0.1) is 4.92 Å². The van der Waals surface area contributed by atoms with Crippen LogP contribution in [0.5, 0.6) is 0 Å². The number of hydrogen-bond acceptors (Lipinski definition) is 4. The van der Waals surface area contributed by atoms with Gasteiger partial charge in [0.1, 0.15) is 0 Å². The second-order valence-corrected chi connectivity index (χ2v) is 6.37. The molecule has 2 aromatic carbocycles. The molecule has 0 saturated carbocycles. The molecule has 0 spiro atoms. The Kier molecular flexibility index (Phi) is 5.57. The SMILES string of the molecule is O=[N+]([O-])c1cccc(NC(=S)N2CCN(Cc3ccccc3)CC2)c1. The average Bonchev–Trinajstić information content (AvgIpc) is 2.63. The minimum atomic E-state index is -0.406. The molecule has 0 unspecified atom stereocenters. The van der Waals surface area contributed by atoms with Gasteiger partial charge in [0.2, 0.25) is 0 Å². The fraction of sp³-hybridized carbons (Fsp3) is 0.278. The Labute approximate surface area is 152 Å². The van der Waals surface area contributed by atoms with Crippen LogP contribution in [0, 0.1) is 10.1 Å². The van der Waals surface area contributed by atoms with Crippen LogP contribution in [0.25, 0.3) is 0 Å². The summed E-state index contributed by atoms with van der Waals surface area (Å²) in [4.78, 5) is 15.0. The third-order valence-electron chi connectivity index (χ3n) is 4.22. The first-order valence-electron chi connectivity index (χ1n) is 8.18. The fourth-order valence-corrected chi connectivity index (χ4v) is 3.15. The van der Waals surface area contributed by atoms with E-state index in [1.165, 1.54) is 17.7 Å². The lowest BCUT2D eigenvalue weighted by atomic mass is 10.2. The number of hydrogen-bond donors (Lipinski definition) is 1. The van der Waals surface area contributed by atoms with Crippen LogP contribution in [0.2, 0.25) is 0 Å². The van der Waals surface area contributed by atoms with Gasteiger partial charge in [-0.25, -0.2) is 0 Å². The van der Waals surface area contributed by atoms with Crippen molar-refractivity contribution in [1.29, 1.82) is 0 Å². The Morgan fingerprint density at radius 3 is 2.48 bits per heavy atom. The normalized spacial score (nSPS) is 15.0. The molecule has 0 radical (unpaired) electrons. The zero-order chi connectivity index (χ0) is 17.6. The first-order chi connectivity index (χ1) is 12.1. The summed E-state index contributed by atoms with van der Waals surface area (Å²) in [6.07, 6.45) is 0. The van der Waals surface area contributed by atoms with Gasteiger partial charge in [-0.1, -0.05) is 36.4 Å². The van der Waals surface area contributed by atoms with Crippen molar-refractivity contribution in [2.45, 2.75) is 6.54 Å². The highest BCUT2D eigenvalue weighted by atomic mass is 32.1. The van der Waals surface area contributed by atoms with Crippen molar-refractivity contribution in [3.05, 3.63) is 70.3 Å². The van der Waals surface area contributed by atoms with Crippen molar-refractivity contribution in [3.63, 3.8) is 0 Å². The van der Waals surface area contributed by atoms with Gasteiger partial charge >= 0.3 is 0 Å². The van der Waals surface area contributed by atoms with Gasteiger partial charge in [-0.3, -0.25) is 15.0 Å². The Morgan fingerprint density at radius 1 is 1.08 bits per heavy atom. The second kappa shape index (κ2) is 8.04. The molecule has 0 atom stereocenters. The number of nitro groups is 1. The summed E-state index contributed by atoms with van der Waals surface area (Å²) in [5.74, 6) is 0. The van der Waals surface area contributed by atoms with Crippen LogP contribution >= 0.6 is 12.2 Å². The number of rotatable bonds is 4. The Morgan fingerprint density at radius 2 is 1.80 bits per heavy atom. The molecule has 1 aliphatic rings. The maximum atomic E-state index is 10.9. The number of thiocarbonyl (C=S) groups is 1. The minimum Gasteiger partial charge on any atom is -0.346 e. The quantitative estimate of drug-likeness (QED) is 0.516. The van der Waals surface area contributed by atoms with E-state index in [-0.39, 0.29) is 5.69 Å². The third-order valence-corrected chi connectivity index (χ3v) is 4.58. The Hall–Kier alpha value is -2.51. The molecular weight excluding hydrogens is 336 g/mol. The monoisotopic (exact) mass is 356 g/mol. The average molecular weight is 356 g/mol. The van der Waals surface area contributed by atoms with Crippen LogP contribution in [-0.2, 0) is 6.54 Å². The molecule has 0 amide bonds. The summed E-state index contributed by atoms with van der Waals surface area (Å²) in [5.41, 5.74) is 2.01. The summed E-state index contributed by atoms with van der Waals surface area (Å²) in [6, 6.07) is 16.8. The van der Waals surface area contributed by atoms with Gasteiger partial charge in [-0.05, 0) is 23.8 Å². The third kappa shape index (κ3) is 4.74. The fourth-order valence-electron chi connectivity index (χ4n) is 2.85. The molecule has 1 saturated heterocycles. The molecule has 0 aromatic heterocycles. The van der Waals surface area contributed by atoms with E-state index in [2.05, 4.69) is 39.4 Å². The van der Waals surface area contributed by atoms with Gasteiger partial charge in [-0.2, -0.15) is 0 Å². The van der Waals surface area contributed by atoms with Gasteiger partial charge in [-0.15, -0.1) is 0 Å². The van der Waals surface area contributed by atoms with Crippen molar-refractivity contribution in [1.82, 2.24) is 9.80 Å². The molecule has 130 valence electrons. The number of anilines is 1. The number of non-ortho nitro benzene ring substituents is 1. The number of nitro benzene ring substituents is 1. The van der Waals surface area contributed by atoms with Gasteiger partial charge < -0.3 is 10.2 Å². The highest BCUT2D eigenvalue weighted by Crippen LogP contribution is 2.18. The van der Waals surface area contributed by atoms with Crippen molar-refractivity contribution >= 4 is 28.7 Å². The Bertz CT molecular complexity index is 746. The van der Waals surface area contributed by atoms with Crippen molar-refractivity contribution in [2.75, 3.05) is 31.5 Å². The maximum Gasteiger partial charge on any atom is 0.271 e. The summed E-state index contributed by atoms with van der Waals surface area (Å²) in [7, 11) is 0. The van der Waals surface area contributed by atoms with Gasteiger partial charge in [0, 0.05) is 50.5 Å². The van der Waals surface area contributed by atoms with Gasteiger partial charge in [0.15, 0.2) is 5.11 Å². The van der Waals surface area contributed by atoms with Crippen molar-refractivity contribution < 1.29 is 4.92 Å². The van der Waals surface area contributed by atoms with E-state index in [0.717, 1.165) is 32.7 Å². The Balaban J connectivity index is 1.51. The molecule has 3 rings (SSSR count). The summed E-state index contributed by atoms with van der Waals surface area (Å²) < 4.78 is 0. The van der Waals surface area contributed by atoms with Gasteiger partial charge in [0.25, 0.3) is 5.69 Å². The first-order valence-corrected chi connectivity index (χ1v) is 8.59. The van der Waals surface area contributed by atoms with Crippen LogP contribution in [-0.4, -0.2) is 46.0 Å². The molecule has 0 aliphatic carbocycles. The molecule has 1 aliphatic heterocycles. The molecule has 25 heavy (non-hydrogen) atoms. The number of piperazine rings is 1. The van der Waals surface area contributed by atoms with Crippen LogP contribution in [0.15, 0.2) is 54.6 Å². The molecule has 1 fully saturated rings.